The molecule has 0 atom stereocenters. The predicted molar refractivity (Wildman–Crippen MR) is 275 cm³/mol. The summed E-state index contributed by atoms with van der Waals surface area (Å²) >= 11 is 0. The van der Waals surface area contributed by atoms with E-state index in [0.717, 1.165) is 87.7 Å². The van der Waals surface area contributed by atoms with E-state index in [1.165, 1.54) is 18.7 Å². The van der Waals surface area contributed by atoms with Crippen LogP contribution >= 0.6 is 0 Å². The number of nitriles is 1. The molecule has 0 spiro atoms. The number of anilines is 3. The Kier molecular flexibility index (Phi) is 11.9. The number of piperazine rings is 1. The third-order valence-electron chi connectivity index (χ3n) is 13.3. The van der Waals surface area contributed by atoms with Crippen LogP contribution in [0.1, 0.15) is 68.8 Å². The van der Waals surface area contributed by atoms with Crippen molar-refractivity contribution in [3.05, 3.63) is 172 Å². The summed E-state index contributed by atoms with van der Waals surface area (Å²) in [4.78, 5) is 50.1. The average molecular weight is 906 g/mol. The summed E-state index contributed by atoms with van der Waals surface area (Å²) in [7, 11) is 0. The molecule has 3 aliphatic rings. The van der Waals surface area contributed by atoms with Crippen LogP contribution in [0.2, 0.25) is 0 Å². The van der Waals surface area contributed by atoms with E-state index in [4.69, 9.17) is 16.7 Å². The second kappa shape index (κ2) is 18.4. The zero-order valence-electron chi connectivity index (χ0n) is 39.1. The summed E-state index contributed by atoms with van der Waals surface area (Å²) < 4.78 is 0. The highest BCUT2D eigenvalue weighted by molar-refractivity contribution is 6.26. The Morgan fingerprint density at radius 2 is 0.928 bits per heavy atom. The van der Waals surface area contributed by atoms with Crippen molar-refractivity contribution in [3.63, 3.8) is 0 Å². The Labute approximate surface area is 402 Å². The maximum absolute atomic E-state index is 13.7. The molecular weight excluding hydrogens is 855 g/mol. The van der Waals surface area contributed by atoms with Gasteiger partial charge in [0.15, 0.2) is 11.6 Å². The molecule has 2 aromatic heterocycles. The van der Waals surface area contributed by atoms with Crippen molar-refractivity contribution in [1.82, 2.24) is 24.8 Å². The van der Waals surface area contributed by atoms with Crippen molar-refractivity contribution in [1.29, 1.82) is 5.26 Å². The fraction of sp³-hybridized carbons (Fsp3) is 0.190. The highest BCUT2D eigenvalue weighted by Gasteiger charge is 2.36. The number of fused-ring (bicyclic) bond motifs is 6. The minimum Gasteiger partial charge on any atom is -0.369 e. The number of ketones is 2. The molecule has 6 aromatic carbocycles. The smallest absolute Gasteiger partial charge is 0.221 e. The van der Waals surface area contributed by atoms with Crippen molar-refractivity contribution in [2.75, 3.05) is 49.1 Å². The Bertz CT molecular complexity index is 3330. The maximum atomic E-state index is 13.7. The largest absolute Gasteiger partial charge is 0.369 e. The fourth-order valence-electron chi connectivity index (χ4n) is 9.58. The molecule has 2 aliphatic carbocycles. The van der Waals surface area contributed by atoms with Crippen LogP contribution in [-0.2, 0) is 0 Å². The van der Waals surface area contributed by atoms with Gasteiger partial charge in [-0.2, -0.15) is 5.26 Å². The number of carbonyl (C=O) groups excluding carboxylic acids is 2. The molecule has 0 amide bonds. The minimum absolute atomic E-state index is 0.0515. The molecule has 8 aromatic rings. The molecule has 340 valence electrons. The van der Waals surface area contributed by atoms with Crippen molar-refractivity contribution in [3.8, 4) is 73.4 Å². The second-order valence-corrected chi connectivity index (χ2v) is 18.4. The number of nitrogens with two attached hydrogens (primary N) is 2. The predicted octanol–water partition coefficient (Wildman–Crippen LogP) is 10.9. The van der Waals surface area contributed by atoms with Crippen LogP contribution < -0.4 is 16.4 Å². The summed E-state index contributed by atoms with van der Waals surface area (Å²) in [6.07, 6.45) is 1.25. The molecule has 1 aliphatic heterocycles. The third-order valence-corrected chi connectivity index (χ3v) is 13.3. The van der Waals surface area contributed by atoms with E-state index >= 15 is 0 Å². The van der Waals surface area contributed by atoms with E-state index in [2.05, 4.69) is 80.0 Å². The molecule has 3 heterocycles. The Morgan fingerprint density at radius 3 is 1.36 bits per heavy atom. The SMILES string of the molecule is Cc1ccc(-c2nc(N)nc3c2C(=O)c2cccc(-c4ccc(C#N)cc4)c2-3)cc1.Cc1ccc(-c2nc(N)nc3c2C(=O)c2cccc(-c4ccc(N5CCN(CCC(C)C)CC5)cc4)c2-3)cc1. The van der Waals surface area contributed by atoms with Crippen molar-refractivity contribution < 1.29 is 9.59 Å². The Morgan fingerprint density at radius 1 is 0.522 bits per heavy atom. The van der Waals surface area contributed by atoms with Gasteiger partial charge in [-0.15, -0.1) is 0 Å². The van der Waals surface area contributed by atoms with Gasteiger partial charge in [0.1, 0.15) is 0 Å². The monoisotopic (exact) mass is 905 g/mol. The summed E-state index contributed by atoms with van der Waals surface area (Å²) in [5.41, 5.74) is 28.0. The fourth-order valence-corrected chi connectivity index (χ4v) is 9.58. The molecule has 0 unspecified atom stereocenters. The zero-order chi connectivity index (χ0) is 47.9. The van der Waals surface area contributed by atoms with E-state index in [0.29, 0.717) is 50.6 Å². The van der Waals surface area contributed by atoms with Crippen molar-refractivity contribution in [2.24, 2.45) is 5.92 Å². The molecule has 0 bridgehead atoms. The van der Waals surface area contributed by atoms with Gasteiger partial charge in [-0.1, -0.05) is 134 Å². The van der Waals surface area contributed by atoms with E-state index in [1.54, 1.807) is 12.1 Å². The number of nitrogens with zero attached hydrogens (tertiary/aromatic N) is 7. The number of carbonyl (C=O) groups is 2. The maximum Gasteiger partial charge on any atom is 0.221 e. The molecule has 69 heavy (non-hydrogen) atoms. The van der Waals surface area contributed by atoms with Gasteiger partial charge in [0.2, 0.25) is 11.9 Å². The van der Waals surface area contributed by atoms with Crippen LogP contribution in [0, 0.1) is 31.1 Å². The van der Waals surface area contributed by atoms with Crippen LogP contribution in [-0.4, -0.2) is 69.1 Å². The molecule has 0 saturated carbocycles. The van der Waals surface area contributed by atoms with Crippen molar-refractivity contribution >= 4 is 29.2 Å². The zero-order valence-corrected chi connectivity index (χ0v) is 39.1. The van der Waals surface area contributed by atoms with E-state index in [-0.39, 0.29) is 23.5 Å². The lowest BCUT2D eigenvalue weighted by atomic mass is 9.95. The van der Waals surface area contributed by atoms with Gasteiger partial charge in [-0.3, -0.25) is 14.5 Å². The third kappa shape index (κ3) is 8.51. The lowest BCUT2D eigenvalue weighted by molar-refractivity contribution is 0.103. The van der Waals surface area contributed by atoms with E-state index in [9.17, 15) is 9.59 Å². The van der Waals surface area contributed by atoms with Gasteiger partial charge in [0, 0.05) is 65.2 Å². The van der Waals surface area contributed by atoms with E-state index in [1.807, 2.05) is 105 Å². The Balaban J connectivity index is 0.000000166. The molecule has 11 heteroatoms. The Hall–Kier alpha value is -8.33. The number of benzene rings is 6. The lowest BCUT2D eigenvalue weighted by Gasteiger charge is -2.36. The highest BCUT2D eigenvalue weighted by Crippen LogP contribution is 2.47. The molecule has 1 saturated heterocycles. The van der Waals surface area contributed by atoms with Gasteiger partial charge in [-0.25, -0.2) is 19.9 Å². The molecule has 4 N–H and O–H groups in total. The lowest BCUT2D eigenvalue weighted by Crippen LogP contribution is -2.46. The van der Waals surface area contributed by atoms with E-state index < -0.39 is 0 Å². The first-order chi connectivity index (χ1) is 33.4. The van der Waals surface area contributed by atoms with Crippen LogP contribution in [0.25, 0.3) is 67.3 Å². The first-order valence-corrected chi connectivity index (χ1v) is 23.4. The molecular formula is C58H51N9O2. The van der Waals surface area contributed by atoms with Gasteiger partial charge >= 0.3 is 0 Å². The molecule has 11 rings (SSSR count). The summed E-state index contributed by atoms with van der Waals surface area (Å²) in [6, 6.07) is 45.5. The number of rotatable bonds is 8. The number of hydrogen-bond acceptors (Lipinski definition) is 11. The summed E-state index contributed by atoms with van der Waals surface area (Å²) in [6.45, 7) is 14.1. The second-order valence-electron chi connectivity index (χ2n) is 18.4. The minimum atomic E-state index is -0.105. The van der Waals surface area contributed by atoms with Crippen LogP contribution in [0.3, 0.4) is 0 Å². The molecule has 1 fully saturated rings. The first-order valence-electron chi connectivity index (χ1n) is 23.4. The normalized spacial score (nSPS) is 13.6. The van der Waals surface area contributed by atoms with Crippen molar-refractivity contribution in [2.45, 2.75) is 34.1 Å². The molecule has 11 nitrogen and oxygen atoms in total. The summed E-state index contributed by atoms with van der Waals surface area (Å²) in [5, 5.41) is 9.08. The number of hydrogen-bond donors (Lipinski definition) is 2. The van der Waals surface area contributed by atoms with Gasteiger partial charge in [0.05, 0.1) is 45.5 Å². The average Bonchev–Trinajstić information content (AvgIpc) is 3.82. The topological polar surface area (TPSA) is 168 Å². The standard InChI is InChI=1S/C33H35N5O.C25H16N4O/c1-21(2)15-16-37-17-19-38(20-18-37)25-13-11-23(12-14-25)26-5-4-6-27-28(26)31-29(32(27)39)30(35-33(34)36-31)24-9-7-22(3)8-10-24;1-14-5-9-17(10-6-14)22-21-23(29-25(27)28-22)20-18(3-2-4-19(20)24(21)30)16-11-7-15(13-26)8-12-16/h4-14,21H,15-20H2,1-3H3,(H2,34,35,36);2-12H,1H3,(H2,27,28,29). The van der Waals surface area contributed by atoms with Crippen LogP contribution in [0.15, 0.2) is 133 Å². The highest BCUT2D eigenvalue weighted by atomic mass is 16.1. The quantitative estimate of drug-likeness (QED) is 0.149. The summed E-state index contributed by atoms with van der Waals surface area (Å²) in [5.74, 6) is 0.882. The van der Waals surface area contributed by atoms with Gasteiger partial charge in [-0.05, 0) is 79.3 Å². The number of aryl methyl sites for hydroxylation is 2. The van der Waals surface area contributed by atoms with Gasteiger partial charge in [0.25, 0.3) is 0 Å². The molecule has 0 radical (unpaired) electrons. The van der Waals surface area contributed by atoms with Crippen LogP contribution in [0.5, 0.6) is 0 Å². The first kappa shape index (κ1) is 44.5. The number of nitrogen functional groups attached to an aromatic ring is 2. The van der Waals surface area contributed by atoms with Crippen LogP contribution in [0.4, 0.5) is 17.6 Å². The number of aromatic nitrogens is 4. The van der Waals surface area contributed by atoms with Gasteiger partial charge < -0.3 is 16.4 Å².